The molecule has 272 valence electrons. The number of nitrogens with two attached hydrogens (primary N) is 1. The second-order valence-corrected chi connectivity index (χ2v) is 15.1. The largest absolute Gasteiger partial charge is 0.464 e. The van der Waals surface area contributed by atoms with Crippen LogP contribution in [0.3, 0.4) is 0 Å². The maximum atomic E-state index is 14.1. The molecule has 1 saturated carbocycles. The molecular weight excluding hydrogens is 648 g/mol. The van der Waals surface area contributed by atoms with Crippen LogP contribution in [-0.4, -0.2) is 65.1 Å². The molecule has 4 atom stereocenters. The Morgan fingerprint density at radius 3 is 2.33 bits per heavy atom. The van der Waals surface area contributed by atoms with E-state index in [1.165, 1.54) is 6.20 Å². The molecule has 1 heterocycles. The lowest BCUT2D eigenvalue weighted by atomic mass is 10.0. The van der Waals surface area contributed by atoms with Crippen LogP contribution in [0.15, 0.2) is 16.6 Å². The van der Waals surface area contributed by atoms with Gasteiger partial charge in [-0.2, -0.15) is 4.98 Å². The summed E-state index contributed by atoms with van der Waals surface area (Å²) in [6, 6.07) is -1.92. The summed E-state index contributed by atoms with van der Waals surface area (Å²) in [5, 5.41) is 5.30. The molecule has 14 nitrogen and oxygen atoms in total. The van der Waals surface area contributed by atoms with Gasteiger partial charge in [0.1, 0.15) is 24.3 Å². The molecule has 0 bridgehead atoms. The first-order chi connectivity index (χ1) is 22.3. The fraction of sp³-hybridized carbons (Fsp3) is 0.719. The minimum atomic E-state index is -3.03. The number of hydrogen-bond acceptors (Lipinski definition) is 11. The average Bonchev–Trinajstić information content (AvgIpc) is 3.67. The molecule has 1 amide bonds. The molecule has 1 aliphatic rings. The van der Waals surface area contributed by atoms with Crippen molar-refractivity contribution in [2.24, 2.45) is 23.2 Å². The van der Waals surface area contributed by atoms with Gasteiger partial charge >= 0.3 is 23.7 Å². The summed E-state index contributed by atoms with van der Waals surface area (Å²) in [7, 11) is -3.03. The van der Waals surface area contributed by atoms with E-state index in [1.807, 2.05) is 27.7 Å². The monoisotopic (exact) mass is 701 g/mol. The van der Waals surface area contributed by atoms with Gasteiger partial charge in [-0.05, 0) is 56.9 Å². The van der Waals surface area contributed by atoms with Crippen LogP contribution < -0.4 is 21.8 Å². The summed E-state index contributed by atoms with van der Waals surface area (Å²) in [6.45, 7) is 16.1. The van der Waals surface area contributed by atoms with E-state index >= 15 is 0 Å². The van der Waals surface area contributed by atoms with Gasteiger partial charge in [-0.25, -0.2) is 23.9 Å². The van der Waals surface area contributed by atoms with Gasteiger partial charge in [-0.3, -0.25) is 13.9 Å². The Balaban J connectivity index is 2.24. The zero-order chi connectivity index (χ0) is 36.4. The van der Waals surface area contributed by atoms with Gasteiger partial charge in [0.15, 0.2) is 11.6 Å². The zero-order valence-electron chi connectivity index (χ0n) is 29.5. The number of carbonyl (C=O) groups is 3. The number of aromatic nitrogens is 2. The SMILES string of the molecule is CCC(CC)COC(=O)[C@H](CC(C)C)N[PH](=O)OC[C@@]1(COC(=O)[C@@H](NC(=O)OC(C)(C)C)C(C)C)C/C1=C/n1cc(F)c(N)nc1=O. The predicted octanol–water partition coefficient (Wildman–Crippen LogP) is 4.68. The maximum Gasteiger partial charge on any atom is 0.408 e. The van der Waals surface area contributed by atoms with E-state index < -0.39 is 66.6 Å². The van der Waals surface area contributed by atoms with Crippen LogP contribution in [0.4, 0.5) is 15.0 Å². The van der Waals surface area contributed by atoms with Crippen molar-refractivity contribution in [1.82, 2.24) is 20.0 Å². The van der Waals surface area contributed by atoms with E-state index in [1.54, 1.807) is 34.6 Å². The first-order valence-electron chi connectivity index (χ1n) is 16.3. The quantitative estimate of drug-likeness (QED) is 0.109. The molecule has 1 aromatic heterocycles. The topological polar surface area (TPSA) is 190 Å². The lowest BCUT2D eigenvalue weighted by molar-refractivity contribution is -0.149. The van der Waals surface area contributed by atoms with Crippen molar-refractivity contribution in [3.8, 4) is 0 Å². The summed E-state index contributed by atoms with van der Waals surface area (Å²) in [4.78, 5) is 54.3. The Morgan fingerprint density at radius 2 is 1.77 bits per heavy atom. The number of hydrogen-bond donors (Lipinski definition) is 3. The van der Waals surface area contributed by atoms with Crippen molar-refractivity contribution in [3.63, 3.8) is 0 Å². The molecule has 0 saturated heterocycles. The normalized spacial score (nSPS) is 18.9. The number of rotatable bonds is 18. The highest BCUT2D eigenvalue weighted by Gasteiger charge is 2.51. The standard InChI is InChI=1S/C32H53FN5O9P/c1-10-21(11-2)16-44-27(39)24(12-19(3)4)37-48(43)46-18-32(13-22(32)14-38-15-23(33)26(34)36-29(38)41)17-45-28(40)25(20(5)6)35-30(42)47-31(7,8)9/h14-15,19-21,24-25,48H,10-13,16-18H2,1-9H3,(H,35,42)(H,37,43)(H2,34,36,41)/b22-14-/t24-,25-,32-/m0/s1. The molecule has 1 aliphatic carbocycles. The summed E-state index contributed by atoms with van der Waals surface area (Å²) in [5.74, 6) is -2.80. The van der Waals surface area contributed by atoms with Gasteiger partial charge in [-0.1, -0.05) is 54.4 Å². The van der Waals surface area contributed by atoms with Crippen LogP contribution in [0.25, 0.3) is 6.20 Å². The van der Waals surface area contributed by atoms with Gasteiger partial charge in [0.25, 0.3) is 8.18 Å². The number of nitrogen functional groups attached to an aromatic ring is 1. The summed E-state index contributed by atoms with van der Waals surface area (Å²) in [6.07, 6.45) is 3.71. The van der Waals surface area contributed by atoms with E-state index in [2.05, 4.69) is 15.4 Å². The third-order valence-corrected chi connectivity index (χ3v) is 8.77. The Kier molecular flexibility index (Phi) is 15.3. The van der Waals surface area contributed by atoms with Crippen molar-refractivity contribution in [2.45, 2.75) is 106 Å². The molecule has 0 aliphatic heterocycles. The molecule has 2 rings (SSSR count). The number of carbonyl (C=O) groups excluding carboxylic acids is 3. The zero-order valence-corrected chi connectivity index (χ0v) is 30.5. The molecular formula is C32H53FN5O9P. The smallest absolute Gasteiger partial charge is 0.408 e. The molecule has 48 heavy (non-hydrogen) atoms. The van der Waals surface area contributed by atoms with E-state index in [4.69, 9.17) is 24.5 Å². The van der Waals surface area contributed by atoms with Gasteiger partial charge in [-0.15, -0.1) is 0 Å². The fourth-order valence-electron chi connectivity index (χ4n) is 4.68. The van der Waals surface area contributed by atoms with E-state index in [0.717, 1.165) is 23.6 Å². The second-order valence-electron chi connectivity index (χ2n) is 14.0. The van der Waals surface area contributed by atoms with Crippen molar-refractivity contribution >= 4 is 38.2 Å². The van der Waals surface area contributed by atoms with Gasteiger partial charge in [0.05, 0.1) is 24.8 Å². The molecule has 4 N–H and O–H groups in total. The Labute approximate surface area is 282 Å². The van der Waals surface area contributed by atoms with Crippen molar-refractivity contribution in [1.29, 1.82) is 0 Å². The Morgan fingerprint density at radius 1 is 1.12 bits per heavy atom. The van der Waals surface area contributed by atoms with Crippen LogP contribution in [0.1, 0.15) is 88.0 Å². The minimum Gasteiger partial charge on any atom is -0.464 e. The highest BCUT2D eigenvalue weighted by Crippen LogP contribution is 2.54. The molecule has 0 spiro atoms. The third-order valence-electron chi connectivity index (χ3n) is 7.78. The summed E-state index contributed by atoms with van der Waals surface area (Å²) in [5.41, 5.74) is 3.25. The molecule has 1 unspecified atom stereocenters. The van der Waals surface area contributed by atoms with Crippen molar-refractivity contribution in [3.05, 3.63) is 28.1 Å². The number of esters is 2. The number of nitrogens with one attached hydrogen (secondary N) is 2. The molecule has 0 radical (unpaired) electrons. The lowest BCUT2D eigenvalue weighted by Gasteiger charge is -2.25. The van der Waals surface area contributed by atoms with Crippen molar-refractivity contribution in [2.75, 3.05) is 25.6 Å². The summed E-state index contributed by atoms with van der Waals surface area (Å²) >= 11 is 0. The van der Waals surface area contributed by atoms with E-state index in [0.29, 0.717) is 12.0 Å². The van der Waals surface area contributed by atoms with Crippen LogP contribution in [0.5, 0.6) is 0 Å². The number of halogens is 1. The van der Waals surface area contributed by atoms with Gasteiger partial charge < -0.3 is 29.8 Å². The first-order valence-corrected chi connectivity index (χ1v) is 17.6. The number of ether oxygens (including phenoxy) is 3. The highest BCUT2D eigenvalue weighted by atomic mass is 31.1. The molecule has 0 aromatic carbocycles. The number of anilines is 1. The van der Waals surface area contributed by atoms with E-state index in [9.17, 15) is 28.1 Å². The van der Waals surface area contributed by atoms with E-state index in [-0.39, 0.29) is 44.0 Å². The highest BCUT2D eigenvalue weighted by molar-refractivity contribution is 7.36. The number of amides is 1. The second kappa shape index (κ2) is 17.9. The number of alkyl carbamates (subject to hydrolysis) is 1. The Hall–Kier alpha value is -3.29. The van der Waals surface area contributed by atoms with Crippen LogP contribution in [0, 0.1) is 29.0 Å². The summed E-state index contributed by atoms with van der Waals surface area (Å²) < 4.78 is 50.3. The van der Waals surface area contributed by atoms with Crippen LogP contribution >= 0.6 is 8.18 Å². The molecule has 1 aromatic rings. The predicted molar refractivity (Wildman–Crippen MR) is 180 cm³/mol. The number of nitrogens with zero attached hydrogens (tertiary/aromatic N) is 2. The van der Waals surface area contributed by atoms with Gasteiger partial charge in [0.2, 0.25) is 0 Å². The van der Waals surface area contributed by atoms with Crippen LogP contribution in [-0.2, 0) is 32.9 Å². The fourth-order valence-corrected chi connectivity index (χ4v) is 5.69. The minimum absolute atomic E-state index is 0.0807. The van der Waals surface area contributed by atoms with Crippen LogP contribution in [0.2, 0.25) is 0 Å². The van der Waals surface area contributed by atoms with Gasteiger partial charge in [0, 0.05) is 6.20 Å². The maximum absolute atomic E-state index is 14.1. The third kappa shape index (κ3) is 13.0. The molecule has 1 fully saturated rings. The molecule has 16 heteroatoms. The Bertz CT molecular complexity index is 1390. The average molecular weight is 702 g/mol. The first kappa shape index (κ1) is 40.9. The van der Waals surface area contributed by atoms with Crippen molar-refractivity contribution < 1.29 is 42.1 Å². The lowest BCUT2D eigenvalue weighted by Crippen LogP contribution is -2.47.